The van der Waals surface area contributed by atoms with Crippen molar-refractivity contribution in [2.24, 2.45) is 0 Å². The number of allylic oxidation sites excluding steroid dienone is 4. The molecular formula is C44H82NO7+. The average Bonchev–Trinajstić information content (AvgIpc) is 3.09. The molecule has 0 aliphatic carbocycles. The minimum atomic E-state index is -0.875. The maximum Gasteiger partial charge on any atom is 0.362 e. The molecule has 0 aliphatic heterocycles. The van der Waals surface area contributed by atoms with Gasteiger partial charge in [-0.25, -0.2) is 4.79 Å². The lowest BCUT2D eigenvalue weighted by molar-refractivity contribution is -0.887. The molecule has 0 aliphatic rings. The van der Waals surface area contributed by atoms with Crippen LogP contribution in [0.1, 0.15) is 187 Å². The van der Waals surface area contributed by atoms with Crippen molar-refractivity contribution >= 4 is 17.9 Å². The van der Waals surface area contributed by atoms with Gasteiger partial charge in [0.1, 0.15) is 6.61 Å². The predicted molar refractivity (Wildman–Crippen MR) is 215 cm³/mol. The fraction of sp³-hybridized carbons (Fsp3) is 0.841. The first kappa shape index (κ1) is 49.8. The van der Waals surface area contributed by atoms with Gasteiger partial charge in [-0.15, -0.1) is 0 Å². The Balaban J connectivity index is 4.35. The second-order valence-electron chi connectivity index (χ2n) is 15.6. The molecule has 1 N–H and O–H groups in total. The molecule has 0 aromatic heterocycles. The van der Waals surface area contributed by atoms with Gasteiger partial charge in [-0.2, -0.15) is 0 Å². The molecule has 8 heteroatoms. The smallest absolute Gasteiger partial charge is 0.362 e. The zero-order valence-electron chi connectivity index (χ0n) is 34.5. The number of likely N-dealkylation sites (N-methyl/N-ethyl adjacent to an activating group) is 1. The Bertz CT molecular complexity index is 911. The first-order chi connectivity index (χ1) is 25.1. The van der Waals surface area contributed by atoms with Crippen LogP contribution in [0.4, 0.5) is 0 Å². The van der Waals surface area contributed by atoms with E-state index in [0.29, 0.717) is 19.3 Å². The molecule has 2 unspecified atom stereocenters. The van der Waals surface area contributed by atoms with Crippen LogP contribution < -0.4 is 0 Å². The summed E-state index contributed by atoms with van der Waals surface area (Å²) < 4.78 is 17.2. The van der Waals surface area contributed by atoms with E-state index < -0.39 is 18.1 Å². The van der Waals surface area contributed by atoms with Gasteiger partial charge in [0, 0.05) is 19.3 Å². The molecule has 0 amide bonds. The number of hydrogen-bond donors (Lipinski definition) is 1. The molecule has 0 aromatic rings. The van der Waals surface area contributed by atoms with Gasteiger partial charge in [0.25, 0.3) is 0 Å². The van der Waals surface area contributed by atoms with E-state index in [1.165, 1.54) is 103 Å². The lowest BCUT2D eigenvalue weighted by atomic mass is 10.1. The van der Waals surface area contributed by atoms with Crippen LogP contribution in [0, 0.1) is 0 Å². The van der Waals surface area contributed by atoms with E-state index in [2.05, 4.69) is 38.2 Å². The minimum absolute atomic E-state index is 0.0504. The number of carboxylic acids is 1. The van der Waals surface area contributed by atoms with Crippen molar-refractivity contribution in [1.29, 1.82) is 0 Å². The SMILES string of the molecule is CCCCC/C=C/C/C=C/CCCCCCCCCC(=O)OC(COCCC(C(=O)O)[N+](C)(C)C)COC(=O)CCCCCCCCCCCCC. The van der Waals surface area contributed by atoms with E-state index in [1.807, 2.05) is 21.1 Å². The van der Waals surface area contributed by atoms with Crippen molar-refractivity contribution < 1.29 is 38.2 Å². The fourth-order valence-corrected chi connectivity index (χ4v) is 6.24. The van der Waals surface area contributed by atoms with Crippen molar-refractivity contribution in [2.75, 3.05) is 41.0 Å². The van der Waals surface area contributed by atoms with Crippen molar-refractivity contribution in [3.8, 4) is 0 Å². The highest BCUT2D eigenvalue weighted by Gasteiger charge is 2.31. The highest BCUT2D eigenvalue weighted by Crippen LogP contribution is 2.14. The Kier molecular flexibility index (Phi) is 34.3. The summed E-state index contributed by atoms with van der Waals surface area (Å²) in [5, 5.41) is 9.60. The molecule has 304 valence electrons. The van der Waals surface area contributed by atoms with Crippen LogP contribution in [0.15, 0.2) is 24.3 Å². The third-order valence-corrected chi connectivity index (χ3v) is 9.60. The van der Waals surface area contributed by atoms with Gasteiger partial charge in [-0.05, 0) is 44.9 Å². The summed E-state index contributed by atoms with van der Waals surface area (Å²) in [6.07, 6.45) is 37.8. The van der Waals surface area contributed by atoms with Crippen molar-refractivity contribution in [3.63, 3.8) is 0 Å². The van der Waals surface area contributed by atoms with Crippen LogP contribution in [-0.4, -0.2) is 80.6 Å². The number of esters is 2. The number of aliphatic carboxylic acids is 1. The van der Waals surface area contributed by atoms with Crippen LogP contribution in [0.2, 0.25) is 0 Å². The summed E-state index contributed by atoms with van der Waals surface area (Å²) in [6.45, 7) is 4.70. The molecule has 8 nitrogen and oxygen atoms in total. The number of rotatable bonds is 38. The summed E-state index contributed by atoms with van der Waals surface area (Å²) in [7, 11) is 5.52. The molecule has 0 heterocycles. The highest BCUT2D eigenvalue weighted by molar-refractivity contribution is 5.72. The predicted octanol–water partition coefficient (Wildman–Crippen LogP) is 11.3. The van der Waals surface area contributed by atoms with Crippen LogP contribution >= 0.6 is 0 Å². The van der Waals surface area contributed by atoms with Crippen molar-refractivity contribution in [2.45, 2.75) is 199 Å². The van der Waals surface area contributed by atoms with E-state index >= 15 is 0 Å². The Labute approximate surface area is 320 Å². The molecule has 0 spiro atoms. The van der Waals surface area contributed by atoms with E-state index in [-0.39, 0.29) is 36.2 Å². The lowest BCUT2D eigenvalue weighted by Crippen LogP contribution is -2.50. The summed E-state index contributed by atoms with van der Waals surface area (Å²) in [5.41, 5.74) is 0. The largest absolute Gasteiger partial charge is 0.477 e. The number of ether oxygens (including phenoxy) is 3. The zero-order valence-corrected chi connectivity index (χ0v) is 34.5. The molecular weight excluding hydrogens is 654 g/mol. The summed E-state index contributed by atoms with van der Waals surface area (Å²) in [4.78, 5) is 36.9. The quantitative estimate of drug-likeness (QED) is 0.0291. The Morgan fingerprint density at radius 3 is 1.52 bits per heavy atom. The molecule has 2 atom stereocenters. The molecule has 0 saturated heterocycles. The summed E-state index contributed by atoms with van der Waals surface area (Å²) in [5.74, 6) is -1.47. The topological polar surface area (TPSA) is 99.1 Å². The first-order valence-corrected chi connectivity index (χ1v) is 21.4. The zero-order chi connectivity index (χ0) is 38.5. The summed E-state index contributed by atoms with van der Waals surface area (Å²) >= 11 is 0. The Hall–Kier alpha value is -2.19. The first-order valence-electron chi connectivity index (χ1n) is 21.4. The average molecular weight is 737 g/mol. The van der Waals surface area contributed by atoms with E-state index in [9.17, 15) is 19.5 Å². The lowest BCUT2D eigenvalue weighted by Gasteiger charge is -2.31. The number of carbonyl (C=O) groups excluding carboxylic acids is 2. The second kappa shape index (κ2) is 35.8. The standard InChI is InChI=1S/C44H81NO7/c1-6-8-10-12-14-16-18-19-20-21-22-23-25-27-29-31-33-35-43(47)52-40(38-50-37-36-41(44(48)49)45(3,4)5)39-51-42(46)34-32-30-28-26-24-17-15-13-11-9-7-2/h14,16,19-20,40-41H,6-13,15,17-18,21-39H2,1-5H3/p+1/b16-14+,20-19+. The molecule has 52 heavy (non-hydrogen) atoms. The van der Waals surface area contributed by atoms with Gasteiger partial charge in [0.2, 0.25) is 0 Å². The third kappa shape index (κ3) is 33.6. The molecule has 0 aromatic carbocycles. The molecule has 0 fully saturated rings. The minimum Gasteiger partial charge on any atom is -0.477 e. The van der Waals surface area contributed by atoms with E-state index in [4.69, 9.17) is 14.2 Å². The van der Waals surface area contributed by atoms with E-state index in [1.54, 1.807) is 0 Å². The van der Waals surface area contributed by atoms with Crippen LogP contribution in [0.25, 0.3) is 0 Å². The molecule has 0 bridgehead atoms. The number of nitrogens with zero attached hydrogens (tertiary/aromatic N) is 1. The molecule has 0 saturated carbocycles. The molecule has 0 rings (SSSR count). The normalized spacial score (nSPS) is 13.2. The van der Waals surface area contributed by atoms with E-state index in [0.717, 1.165) is 51.4 Å². The Morgan fingerprint density at radius 1 is 0.577 bits per heavy atom. The van der Waals surface area contributed by atoms with Gasteiger partial charge in [-0.1, -0.05) is 147 Å². The van der Waals surface area contributed by atoms with Crippen LogP contribution in [0.5, 0.6) is 0 Å². The van der Waals surface area contributed by atoms with Crippen molar-refractivity contribution in [3.05, 3.63) is 24.3 Å². The van der Waals surface area contributed by atoms with Crippen LogP contribution in [-0.2, 0) is 28.6 Å². The third-order valence-electron chi connectivity index (χ3n) is 9.60. The molecule has 0 radical (unpaired) electrons. The number of carboxylic acid groups (broad SMARTS) is 1. The number of hydrogen-bond acceptors (Lipinski definition) is 6. The maximum absolute atomic E-state index is 12.7. The van der Waals surface area contributed by atoms with Gasteiger partial charge in [0.15, 0.2) is 12.1 Å². The van der Waals surface area contributed by atoms with Gasteiger partial charge < -0.3 is 23.8 Å². The van der Waals surface area contributed by atoms with Gasteiger partial charge >= 0.3 is 17.9 Å². The number of quaternary nitrogens is 1. The van der Waals surface area contributed by atoms with Crippen LogP contribution in [0.3, 0.4) is 0 Å². The second-order valence-corrected chi connectivity index (χ2v) is 15.6. The van der Waals surface area contributed by atoms with Gasteiger partial charge in [-0.3, -0.25) is 9.59 Å². The Morgan fingerprint density at radius 2 is 1.02 bits per heavy atom. The maximum atomic E-state index is 12.7. The van der Waals surface area contributed by atoms with Crippen molar-refractivity contribution in [1.82, 2.24) is 0 Å². The highest BCUT2D eigenvalue weighted by atomic mass is 16.6. The monoisotopic (exact) mass is 737 g/mol. The number of unbranched alkanes of at least 4 members (excludes halogenated alkanes) is 20. The number of carbonyl (C=O) groups is 3. The fourth-order valence-electron chi connectivity index (χ4n) is 6.24. The van der Waals surface area contributed by atoms with Gasteiger partial charge in [0.05, 0.1) is 34.4 Å². The summed E-state index contributed by atoms with van der Waals surface area (Å²) in [6, 6.07) is -0.612.